The zero-order chi connectivity index (χ0) is 14.1. The lowest BCUT2D eigenvalue weighted by molar-refractivity contribution is 0.0934. The number of hydrogen-bond acceptors (Lipinski definition) is 4. The second-order valence-electron chi connectivity index (χ2n) is 5.03. The second-order valence-corrected chi connectivity index (χ2v) is 5.03. The molecule has 0 aliphatic heterocycles. The monoisotopic (exact) mass is 274 g/mol. The third kappa shape index (κ3) is 2.46. The molecule has 20 heavy (non-hydrogen) atoms. The summed E-state index contributed by atoms with van der Waals surface area (Å²) in [5.41, 5.74) is 6.64. The van der Waals surface area contributed by atoms with E-state index in [1.807, 2.05) is 0 Å². The van der Waals surface area contributed by atoms with E-state index in [1.165, 1.54) is 24.5 Å². The Hall–Kier alpha value is -2.08. The van der Waals surface area contributed by atoms with Gasteiger partial charge in [-0.2, -0.15) is 0 Å². The van der Waals surface area contributed by atoms with E-state index in [-0.39, 0.29) is 17.5 Å². The zero-order valence-electron chi connectivity index (χ0n) is 10.8. The van der Waals surface area contributed by atoms with Crippen molar-refractivity contribution >= 4 is 16.9 Å². The summed E-state index contributed by atoms with van der Waals surface area (Å²) in [5.74, 6) is -0.411. The van der Waals surface area contributed by atoms with Crippen molar-refractivity contribution in [1.82, 2.24) is 15.3 Å². The van der Waals surface area contributed by atoms with Crippen molar-refractivity contribution in [1.29, 1.82) is 0 Å². The number of amides is 1. The van der Waals surface area contributed by atoms with Crippen molar-refractivity contribution in [2.45, 2.75) is 18.9 Å². The maximum absolute atomic E-state index is 13.6. The van der Waals surface area contributed by atoms with Gasteiger partial charge in [-0.3, -0.25) is 14.8 Å². The molecule has 1 fully saturated rings. The van der Waals surface area contributed by atoms with Crippen LogP contribution in [0.2, 0.25) is 0 Å². The summed E-state index contributed by atoms with van der Waals surface area (Å²) >= 11 is 0. The van der Waals surface area contributed by atoms with Crippen molar-refractivity contribution in [3.8, 4) is 0 Å². The predicted molar refractivity (Wildman–Crippen MR) is 72.5 cm³/mol. The summed E-state index contributed by atoms with van der Waals surface area (Å²) < 4.78 is 13.6. The Bertz CT molecular complexity index is 657. The van der Waals surface area contributed by atoms with Crippen LogP contribution in [-0.4, -0.2) is 28.5 Å². The molecule has 1 aromatic carbocycles. The van der Waals surface area contributed by atoms with Crippen molar-refractivity contribution in [2.75, 3.05) is 6.54 Å². The van der Waals surface area contributed by atoms with Gasteiger partial charge in [-0.15, -0.1) is 0 Å². The van der Waals surface area contributed by atoms with Crippen LogP contribution in [0.3, 0.4) is 0 Å². The zero-order valence-corrected chi connectivity index (χ0v) is 10.8. The van der Waals surface area contributed by atoms with E-state index in [0.29, 0.717) is 23.5 Å². The lowest BCUT2D eigenvalue weighted by Crippen LogP contribution is -2.41. The van der Waals surface area contributed by atoms with Gasteiger partial charge in [0, 0.05) is 31.0 Å². The highest BCUT2D eigenvalue weighted by Gasteiger charge is 2.31. The fourth-order valence-corrected chi connectivity index (χ4v) is 2.33. The highest BCUT2D eigenvalue weighted by atomic mass is 19.1. The Morgan fingerprint density at radius 1 is 1.40 bits per heavy atom. The van der Waals surface area contributed by atoms with E-state index < -0.39 is 5.82 Å². The van der Waals surface area contributed by atoms with E-state index in [0.717, 1.165) is 12.8 Å². The number of nitrogens with zero attached hydrogens (tertiary/aromatic N) is 2. The third-order valence-electron chi connectivity index (χ3n) is 3.54. The van der Waals surface area contributed by atoms with Crippen LogP contribution in [0.1, 0.15) is 23.2 Å². The summed E-state index contributed by atoms with van der Waals surface area (Å²) in [6.45, 7) is 0.384. The number of carbonyl (C=O) groups excluding carboxylic acids is 1. The van der Waals surface area contributed by atoms with Crippen LogP contribution in [0.4, 0.5) is 4.39 Å². The van der Waals surface area contributed by atoms with Gasteiger partial charge < -0.3 is 11.1 Å². The van der Waals surface area contributed by atoms with Gasteiger partial charge in [-0.05, 0) is 24.8 Å². The van der Waals surface area contributed by atoms with Gasteiger partial charge in [0.05, 0.1) is 11.1 Å². The van der Waals surface area contributed by atoms with E-state index >= 15 is 0 Å². The Balaban J connectivity index is 1.94. The van der Waals surface area contributed by atoms with Gasteiger partial charge in [0.25, 0.3) is 5.91 Å². The number of halogens is 1. The van der Waals surface area contributed by atoms with Crippen LogP contribution >= 0.6 is 0 Å². The molecule has 3 N–H and O–H groups in total. The Labute approximate surface area is 115 Å². The SMILES string of the molecule is NCC(NC(=O)c1cc(F)cc2nccnc12)C1CC1. The standard InChI is InChI=1S/C14H15FN4O/c15-9-5-10(13-11(6-9)17-3-4-18-13)14(20)19-12(7-16)8-1-2-8/h3-6,8,12H,1-2,7,16H2,(H,19,20). The lowest BCUT2D eigenvalue weighted by atomic mass is 10.1. The summed E-state index contributed by atoms with van der Waals surface area (Å²) in [7, 11) is 0. The summed E-state index contributed by atoms with van der Waals surface area (Å²) in [6, 6.07) is 2.39. The Kier molecular flexibility index (Phi) is 3.31. The molecule has 1 saturated carbocycles. The van der Waals surface area contributed by atoms with Crippen molar-refractivity contribution in [3.63, 3.8) is 0 Å². The molecule has 1 atom stereocenters. The maximum atomic E-state index is 13.6. The summed E-state index contributed by atoms with van der Waals surface area (Å²) in [6.07, 6.45) is 5.10. The number of benzene rings is 1. The van der Waals surface area contributed by atoms with Gasteiger partial charge in [0.15, 0.2) is 0 Å². The minimum atomic E-state index is -0.501. The molecule has 3 rings (SSSR count). The highest BCUT2D eigenvalue weighted by Crippen LogP contribution is 2.32. The van der Waals surface area contributed by atoms with E-state index in [9.17, 15) is 9.18 Å². The number of aromatic nitrogens is 2. The van der Waals surface area contributed by atoms with Gasteiger partial charge in [-0.25, -0.2) is 4.39 Å². The molecule has 6 heteroatoms. The molecule has 1 unspecified atom stereocenters. The molecule has 5 nitrogen and oxygen atoms in total. The van der Waals surface area contributed by atoms with Gasteiger partial charge in [0.1, 0.15) is 11.3 Å². The first-order chi connectivity index (χ1) is 9.69. The molecular weight excluding hydrogens is 259 g/mol. The average molecular weight is 274 g/mol. The number of nitrogens with one attached hydrogen (secondary N) is 1. The Morgan fingerprint density at radius 2 is 2.15 bits per heavy atom. The normalized spacial score (nSPS) is 16.1. The van der Waals surface area contributed by atoms with Gasteiger partial charge in [-0.1, -0.05) is 0 Å². The fourth-order valence-electron chi connectivity index (χ4n) is 2.33. The first kappa shape index (κ1) is 12.9. The molecular formula is C14H15FN4O. The molecule has 1 aromatic heterocycles. The second kappa shape index (κ2) is 5.13. The first-order valence-corrected chi connectivity index (χ1v) is 6.60. The van der Waals surface area contributed by atoms with Crippen LogP contribution < -0.4 is 11.1 Å². The molecule has 0 spiro atoms. The number of fused-ring (bicyclic) bond motifs is 1. The average Bonchev–Trinajstić information content (AvgIpc) is 3.28. The molecule has 104 valence electrons. The smallest absolute Gasteiger partial charge is 0.253 e. The number of carbonyl (C=O) groups is 1. The topological polar surface area (TPSA) is 80.9 Å². The minimum absolute atomic E-state index is 0.0579. The highest BCUT2D eigenvalue weighted by molar-refractivity contribution is 6.04. The summed E-state index contributed by atoms with van der Waals surface area (Å²) in [4.78, 5) is 20.5. The first-order valence-electron chi connectivity index (χ1n) is 6.60. The van der Waals surface area contributed by atoms with Crippen molar-refractivity contribution in [3.05, 3.63) is 35.9 Å². The van der Waals surface area contributed by atoms with Crippen LogP contribution in [0.25, 0.3) is 11.0 Å². The van der Waals surface area contributed by atoms with Crippen LogP contribution in [0, 0.1) is 11.7 Å². The number of nitrogens with two attached hydrogens (primary N) is 1. The van der Waals surface area contributed by atoms with Gasteiger partial charge >= 0.3 is 0 Å². The quantitative estimate of drug-likeness (QED) is 0.879. The lowest BCUT2D eigenvalue weighted by Gasteiger charge is -2.16. The molecule has 1 heterocycles. The molecule has 1 aliphatic carbocycles. The van der Waals surface area contributed by atoms with E-state index in [4.69, 9.17) is 5.73 Å². The van der Waals surface area contributed by atoms with E-state index in [1.54, 1.807) is 0 Å². The van der Waals surface area contributed by atoms with Crippen LogP contribution in [0.15, 0.2) is 24.5 Å². The van der Waals surface area contributed by atoms with E-state index in [2.05, 4.69) is 15.3 Å². The molecule has 2 aromatic rings. The molecule has 0 bridgehead atoms. The predicted octanol–water partition coefficient (Wildman–Crippen LogP) is 1.24. The summed E-state index contributed by atoms with van der Waals surface area (Å²) in [5, 5.41) is 2.87. The fraction of sp³-hybridized carbons (Fsp3) is 0.357. The number of hydrogen-bond donors (Lipinski definition) is 2. The van der Waals surface area contributed by atoms with Crippen LogP contribution in [0.5, 0.6) is 0 Å². The van der Waals surface area contributed by atoms with Gasteiger partial charge in [0.2, 0.25) is 0 Å². The largest absolute Gasteiger partial charge is 0.348 e. The molecule has 1 aliphatic rings. The molecule has 0 radical (unpaired) electrons. The molecule has 0 saturated heterocycles. The van der Waals surface area contributed by atoms with Crippen LogP contribution in [-0.2, 0) is 0 Å². The van der Waals surface area contributed by atoms with Crippen molar-refractivity contribution in [2.24, 2.45) is 11.7 Å². The molecule has 1 amide bonds. The Morgan fingerprint density at radius 3 is 2.85 bits per heavy atom. The minimum Gasteiger partial charge on any atom is -0.348 e. The van der Waals surface area contributed by atoms with Crippen molar-refractivity contribution < 1.29 is 9.18 Å². The third-order valence-corrected chi connectivity index (χ3v) is 3.54. The maximum Gasteiger partial charge on any atom is 0.253 e. The number of rotatable bonds is 4.